The van der Waals surface area contributed by atoms with Crippen molar-refractivity contribution < 1.29 is 18.0 Å². The minimum atomic E-state index is -4.68. The Morgan fingerprint density at radius 1 is 1.29 bits per heavy atom. The van der Waals surface area contributed by atoms with E-state index < -0.39 is 23.5 Å². The van der Waals surface area contributed by atoms with Gasteiger partial charge in [-0.3, -0.25) is 9.48 Å². The van der Waals surface area contributed by atoms with Crippen LogP contribution in [0.4, 0.5) is 24.7 Å². The summed E-state index contributed by atoms with van der Waals surface area (Å²) in [5.41, 5.74) is -1.23. The summed E-state index contributed by atoms with van der Waals surface area (Å²) in [6.07, 6.45) is -0.630. The first-order valence-electron chi connectivity index (χ1n) is 8.55. The zero-order chi connectivity index (χ0) is 19.9. The number of fused-ring (bicyclic) bond motifs is 1. The third-order valence-electron chi connectivity index (χ3n) is 4.39. The van der Waals surface area contributed by atoms with Crippen LogP contribution in [0.3, 0.4) is 0 Å². The molecule has 12 heteroatoms. The predicted octanol–water partition coefficient (Wildman–Crippen LogP) is 1.14. The molecule has 0 spiro atoms. The SMILES string of the molecule is Cn1cc(NC(=O)c2cnn3ccc(N4CCNCC4)nc23)c(C(F)(F)F)n1. The Hall–Kier alpha value is -3.15. The van der Waals surface area contributed by atoms with Gasteiger partial charge in [-0.2, -0.15) is 23.4 Å². The second kappa shape index (κ2) is 6.78. The molecule has 4 heterocycles. The fraction of sp³-hybridized carbons (Fsp3) is 0.375. The highest BCUT2D eigenvalue weighted by atomic mass is 19.4. The smallest absolute Gasteiger partial charge is 0.354 e. The molecule has 2 N–H and O–H groups in total. The number of carbonyl (C=O) groups excluding carboxylic acids is 1. The maximum atomic E-state index is 13.1. The molecule has 28 heavy (non-hydrogen) atoms. The molecule has 0 aromatic carbocycles. The molecule has 0 atom stereocenters. The van der Waals surface area contributed by atoms with Gasteiger partial charge in [0.05, 0.1) is 11.9 Å². The second-order valence-electron chi connectivity index (χ2n) is 6.37. The topological polar surface area (TPSA) is 92.4 Å². The summed E-state index contributed by atoms with van der Waals surface area (Å²) < 4.78 is 41.7. The van der Waals surface area contributed by atoms with Crippen LogP contribution < -0.4 is 15.5 Å². The monoisotopic (exact) mass is 394 g/mol. The quantitative estimate of drug-likeness (QED) is 0.692. The molecule has 1 amide bonds. The summed E-state index contributed by atoms with van der Waals surface area (Å²) in [6.45, 7) is 3.17. The number of halogens is 3. The van der Waals surface area contributed by atoms with Crippen LogP contribution in [0.25, 0.3) is 5.65 Å². The number of piperazine rings is 1. The van der Waals surface area contributed by atoms with Crippen molar-refractivity contribution in [3.05, 3.63) is 35.9 Å². The molecule has 1 aliphatic rings. The molecule has 1 aliphatic heterocycles. The first-order valence-corrected chi connectivity index (χ1v) is 8.55. The van der Waals surface area contributed by atoms with Crippen molar-refractivity contribution >= 4 is 23.1 Å². The number of aromatic nitrogens is 5. The molecule has 0 radical (unpaired) electrons. The van der Waals surface area contributed by atoms with E-state index in [0.29, 0.717) is 5.82 Å². The molecular formula is C16H17F3N8O. The van der Waals surface area contributed by atoms with Crippen molar-refractivity contribution in [1.29, 1.82) is 0 Å². The molecule has 3 aromatic rings. The van der Waals surface area contributed by atoms with Crippen molar-refractivity contribution in [3.63, 3.8) is 0 Å². The van der Waals surface area contributed by atoms with Crippen LogP contribution in [0.1, 0.15) is 16.1 Å². The fourth-order valence-corrected chi connectivity index (χ4v) is 3.07. The summed E-state index contributed by atoms with van der Waals surface area (Å²) in [4.78, 5) is 19.2. The highest BCUT2D eigenvalue weighted by molar-refractivity contribution is 6.08. The number of aryl methyl sites for hydroxylation is 1. The van der Waals surface area contributed by atoms with E-state index in [1.165, 1.54) is 17.8 Å². The summed E-state index contributed by atoms with van der Waals surface area (Å²) in [5, 5.41) is 13.0. The summed E-state index contributed by atoms with van der Waals surface area (Å²) in [7, 11) is 1.35. The van der Waals surface area contributed by atoms with Gasteiger partial charge in [0.2, 0.25) is 0 Å². The van der Waals surface area contributed by atoms with Gasteiger partial charge >= 0.3 is 6.18 Å². The standard InChI is InChI=1S/C16H17F3N8O/c1-25-9-11(13(24-25)16(17,18)19)22-15(28)10-8-21-27-5-2-12(23-14(10)27)26-6-3-20-4-7-26/h2,5,8-9,20H,3-4,6-7H2,1H3,(H,22,28). The third kappa shape index (κ3) is 3.38. The van der Waals surface area contributed by atoms with Crippen LogP contribution in [0, 0.1) is 0 Å². The second-order valence-corrected chi connectivity index (χ2v) is 6.37. The van der Waals surface area contributed by atoms with Crippen molar-refractivity contribution in [2.75, 3.05) is 36.4 Å². The van der Waals surface area contributed by atoms with E-state index in [2.05, 4.69) is 30.7 Å². The number of carbonyl (C=O) groups is 1. The fourth-order valence-electron chi connectivity index (χ4n) is 3.07. The number of nitrogens with zero attached hydrogens (tertiary/aromatic N) is 6. The van der Waals surface area contributed by atoms with Crippen LogP contribution in [-0.2, 0) is 13.2 Å². The molecule has 3 aromatic heterocycles. The molecule has 0 bridgehead atoms. The van der Waals surface area contributed by atoms with Crippen LogP contribution in [-0.4, -0.2) is 56.5 Å². The molecule has 0 aliphatic carbocycles. The summed E-state index contributed by atoms with van der Waals surface area (Å²) in [6, 6.07) is 1.79. The zero-order valence-corrected chi connectivity index (χ0v) is 14.9. The van der Waals surface area contributed by atoms with Crippen molar-refractivity contribution in [2.45, 2.75) is 6.18 Å². The number of hydrogen-bond donors (Lipinski definition) is 2. The lowest BCUT2D eigenvalue weighted by Crippen LogP contribution is -2.43. The highest BCUT2D eigenvalue weighted by Gasteiger charge is 2.37. The molecule has 148 valence electrons. The van der Waals surface area contributed by atoms with Gasteiger partial charge in [-0.25, -0.2) is 9.50 Å². The first kappa shape index (κ1) is 18.2. The predicted molar refractivity (Wildman–Crippen MR) is 94.2 cm³/mol. The first-order chi connectivity index (χ1) is 13.3. The van der Waals surface area contributed by atoms with Crippen molar-refractivity contribution in [1.82, 2.24) is 29.7 Å². The Morgan fingerprint density at radius 3 is 2.75 bits per heavy atom. The Morgan fingerprint density at radius 2 is 2.04 bits per heavy atom. The van der Waals surface area contributed by atoms with Crippen LogP contribution >= 0.6 is 0 Å². The lowest BCUT2D eigenvalue weighted by atomic mass is 10.3. The Kier molecular flexibility index (Phi) is 4.41. The van der Waals surface area contributed by atoms with E-state index in [1.807, 2.05) is 0 Å². The molecule has 1 fully saturated rings. The van der Waals surface area contributed by atoms with Gasteiger partial charge in [-0.05, 0) is 6.07 Å². The van der Waals surface area contributed by atoms with Gasteiger partial charge in [0.25, 0.3) is 5.91 Å². The normalized spacial score (nSPS) is 15.2. The van der Waals surface area contributed by atoms with Crippen LogP contribution in [0.2, 0.25) is 0 Å². The number of hydrogen-bond acceptors (Lipinski definition) is 6. The maximum absolute atomic E-state index is 13.1. The molecule has 0 unspecified atom stereocenters. The maximum Gasteiger partial charge on any atom is 0.437 e. The summed E-state index contributed by atoms with van der Waals surface area (Å²) >= 11 is 0. The molecule has 4 rings (SSSR count). The van der Waals surface area contributed by atoms with Gasteiger partial charge in [0.1, 0.15) is 11.4 Å². The minimum absolute atomic E-state index is 0.0777. The Labute approximate surface area is 157 Å². The average Bonchev–Trinajstić information content (AvgIpc) is 3.25. The Bertz CT molecular complexity index is 1020. The highest BCUT2D eigenvalue weighted by Crippen LogP contribution is 2.33. The van der Waals surface area contributed by atoms with Gasteiger partial charge in [0.15, 0.2) is 11.3 Å². The van der Waals surface area contributed by atoms with E-state index >= 15 is 0 Å². The van der Waals surface area contributed by atoms with Crippen LogP contribution in [0.5, 0.6) is 0 Å². The average molecular weight is 394 g/mol. The zero-order valence-electron chi connectivity index (χ0n) is 14.9. The van der Waals surface area contributed by atoms with Crippen molar-refractivity contribution in [2.24, 2.45) is 7.05 Å². The number of rotatable bonds is 3. The largest absolute Gasteiger partial charge is 0.437 e. The van der Waals surface area contributed by atoms with E-state index in [-0.39, 0.29) is 11.2 Å². The van der Waals surface area contributed by atoms with Gasteiger partial charge in [-0.1, -0.05) is 0 Å². The van der Waals surface area contributed by atoms with E-state index in [4.69, 9.17) is 0 Å². The molecule has 1 saturated heterocycles. The lowest BCUT2D eigenvalue weighted by Gasteiger charge is -2.28. The number of anilines is 2. The van der Waals surface area contributed by atoms with E-state index in [1.54, 1.807) is 12.3 Å². The number of nitrogens with one attached hydrogen (secondary N) is 2. The van der Waals surface area contributed by atoms with Gasteiger partial charge in [-0.15, -0.1) is 0 Å². The van der Waals surface area contributed by atoms with Gasteiger partial charge in [0, 0.05) is 45.6 Å². The Balaban J connectivity index is 1.65. The number of alkyl halides is 3. The molecule has 9 nitrogen and oxygen atoms in total. The van der Waals surface area contributed by atoms with E-state index in [9.17, 15) is 18.0 Å². The van der Waals surface area contributed by atoms with E-state index in [0.717, 1.165) is 37.1 Å². The lowest BCUT2D eigenvalue weighted by molar-refractivity contribution is -0.140. The third-order valence-corrected chi connectivity index (χ3v) is 4.39. The van der Waals surface area contributed by atoms with Gasteiger partial charge < -0.3 is 15.5 Å². The molecule has 0 saturated carbocycles. The van der Waals surface area contributed by atoms with Crippen molar-refractivity contribution in [3.8, 4) is 0 Å². The summed E-state index contributed by atoms with van der Waals surface area (Å²) in [5.74, 6) is -0.0561. The number of amides is 1. The van der Waals surface area contributed by atoms with Crippen LogP contribution in [0.15, 0.2) is 24.7 Å². The minimum Gasteiger partial charge on any atom is -0.354 e. The molecular weight excluding hydrogens is 377 g/mol.